The lowest BCUT2D eigenvalue weighted by Gasteiger charge is -2.34. The number of nitrogens with zero attached hydrogens (tertiary/aromatic N) is 1. The number of rotatable bonds is 6. The summed E-state index contributed by atoms with van der Waals surface area (Å²) in [4.78, 5) is 26.4. The Morgan fingerprint density at radius 1 is 1.45 bits per heavy atom. The maximum Gasteiger partial charge on any atom is 0.337 e. The van der Waals surface area contributed by atoms with E-state index in [0.29, 0.717) is 30.9 Å². The lowest BCUT2D eigenvalue weighted by molar-refractivity contribution is -0.119. The van der Waals surface area contributed by atoms with Crippen LogP contribution in [0.2, 0.25) is 0 Å². The number of anilines is 1. The zero-order chi connectivity index (χ0) is 14.5. The highest BCUT2D eigenvalue weighted by atomic mass is 16.5. The van der Waals surface area contributed by atoms with E-state index in [0.717, 1.165) is 12.8 Å². The lowest BCUT2D eigenvalue weighted by Crippen LogP contribution is -2.33. The van der Waals surface area contributed by atoms with Crippen LogP contribution in [0, 0.1) is 5.92 Å². The fourth-order valence-electron chi connectivity index (χ4n) is 2.26. The largest absolute Gasteiger partial charge is 0.478 e. The molecule has 1 aliphatic rings. The second-order valence-corrected chi connectivity index (χ2v) is 4.90. The Labute approximate surface area is 117 Å². The molecule has 6 heteroatoms. The minimum Gasteiger partial charge on any atom is -0.478 e. The summed E-state index contributed by atoms with van der Waals surface area (Å²) in [6.45, 7) is 2.68. The van der Waals surface area contributed by atoms with Gasteiger partial charge in [-0.1, -0.05) is 0 Å². The fraction of sp³-hybridized carbons (Fsp3) is 0.500. The molecule has 2 rings (SSSR count). The van der Waals surface area contributed by atoms with Crippen molar-refractivity contribution in [1.82, 2.24) is 4.98 Å². The third-order valence-electron chi connectivity index (χ3n) is 3.35. The predicted molar refractivity (Wildman–Crippen MR) is 72.6 cm³/mol. The molecule has 108 valence electrons. The van der Waals surface area contributed by atoms with Crippen molar-refractivity contribution in [3.05, 3.63) is 23.9 Å². The van der Waals surface area contributed by atoms with E-state index in [1.807, 2.05) is 6.92 Å². The molecule has 0 atom stereocenters. The summed E-state index contributed by atoms with van der Waals surface area (Å²) in [7, 11) is 0. The molecule has 1 saturated carbocycles. The number of ether oxygens (including phenoxy) is 1. The number of carboxylic acid groups (broad SMARTS) is 1. The van der Waals surface area contributed by atoms with Gasteiger partial charge in [-0.25, -0.2) is 9.78 Å². The summed E-state index contributed by atoms with van der Waals surface area (Å²) in [6.07, 6.45) is 3.82. The predicted octanol–water partition coefficient (Wildman–Crippen LogP) is 1.92. The van der Waals surface area contributed by atoms with Crippen LogP contribution < -0.4 is 5.32 Å². The molecule has 0 saturated heterocycles. The Bertz CT molecular complexity index is 480. The van der Waals surface area contributed by atoms with E-state index >= 15 is 0 Å². The van der Waals surface area contributed by atoms with Crippen LogP contribution in [0.4, 0.5) is 5.82 Å². The summed E-state index contributed by atoms with van der Waals surface area (Å²) in [5.41, 5.74) is 0.0987. The topological polar surface area (TPSA) is 88.5 Å². The summed E-state index contributed by atoms with van der Waals surface area (Å²) in [5, 5.41) is 11.4. The zero-order valence-corrected chi connectivity index (χ0v) is 11.3. The van der Waals surface area contributed by atoms with Gasteiger partial charge < -0.3 is 15.2 Å². The molecule has 20 heavy (non-hydrogen) atoms. The van der Waals surface area contributed by atoms with Crippen molar-refractivity contribution in [3.63, 3.8) is 0 Å². The van der Waals surface area contributed by atoms with Crippen LogP contribution in [-0.2, 0) is 9.53 Å². The van der Waals surface area contributed by atoms with Crippen LogP contribution in [0.25, 0.3) is 0 Å². The van der Waals surface area contributed by atoms with Crippen molar-refractivity contribution in [2.75, 3.05) is 11.9 Å². The SMILES string of the molecule is CCOC1CC(CC(=O)Nc2ccc(C(=O)O)cn2)C1. The van der Waals surface area contributed by atoms with Crippen molar-refractivity contribution in [2.24, 2.45) is 5.92 Å². The summed E-state index contributed by atoms with van der Waals surface area (Å²) in [5.74, 6) is -0.391. The van der Waals surface area contributed by atoms with Gasteiger partial charge in [0.25, 0.3) is 0 Å². The smallest absolute Gasteiger partial charge is 0.337 e. The average molecular weight is 278 g/mol. The van der Waals surface area contributed by atoms with E-state index in [1.54, 1.807) is 0 Å². The molecule has 0 aromatic carbocycles. The van der Waals surface area contributed by atoms with Gasteiger partial charge in [0, 0.05) is 19.2 Å². The molecule has 1 amide bonds. The van der Waals surface area contributed by atoms with Crippen LogP contribution in [0.1, 0.15) is 36.5 Å². The monoisotopic (exact) mass is 278 g/mol. The normalized spacial score (nSPS) is 21.1. The van der Waals surface area contributed by atoms with Crippen LogP contribution in [0.3, 0.4) is 0 Å². The number of hydrogen-bond donors (Lipinski definition) is 2. The van der Waals surface area contributed by atoms with Gasteiger partial charge in [-0.2, -0.15) is 0 Å². The number of nitrogens with one attached hydrogen (secondary N) is 1. The second kappa shape index (κ2) is 6.47. The number of hydrogen-bond acceptors (Lipinski definition) is 4. The van der Waals surface area contributed by atoms with Crippen molar-refractivity contribution in [3.8, 4) is 0 Å². The maximum absolute atomic E-state index is 11.8. The molecule has 1 heterocycles. The van der Waals surface area contributed by atoms with E-state index in [1.165, 1.54) is 18.3 Å². The van der Waals surface area contributed by atoms with Crippen molar-refractivity contribution >= 4 is 17.7 Å². The van der Waals surface area contributed by atoms with Gasteiger partial charge in [0.15, 0.2) is 0 Å². The lowest BCUT2D eigenvalue weighted by atomic mass is 9.80. The first-order valence-electron chi connectivity index (χ1n) is 6.69. The first-order chi connectivity index (χ1) is 9.58. The van der Waals surface area contributed by atoms with E-state index in [9.17, 15) is 9.59 Å². The number of carbonyl (C=O) groups excluding carboxylic acids is 1. The van der Waals surface area contributed by atoms with Gasteiger partial charge in [-0.05, 0) is 37.8 Å². The molecule has 1 aromatic heterocycles. The standard InChI is InChI=1S/C14H18N2O4/c1-2-20-11-5-9(6-11)7-13(17)16-12-4-3-10(8-15-12)14(18)19/h3-4,8-9,11H,2,5-7H2,1H3,(H,18,19)(H,15,16,17). The minimum atomic E-state index is -1.04. The number of amides is 1. The molecule has 1 fully saturated rings. The van der Waals surface area contributed by atoms with Crippen LogP contribution in [0.5, 0.6) is 0 Å². The van der Waals surface area contributed by atoms with E-state index in [-0.39, 0.29) is 11.5 Å². The molecular weight excluding hydrogens is 260 g/mol. The highest BCUT2D eigenvalue weighted by molar-refractivity contribution is 5.91. The fourth-order valence-corrected chi connectivity index (χ4v) is 2.26. The third-order valence-corrected chi connectivity index (χ3v) is 3.35. The Morgan fingerprint density at radius 3 is 2.75 bits per heavy atom. The highest BCUT2D eigenvalue weighted by Gasteiger charge is 2.31. The Kier molecular flexibility index (Phi) is 4.68. The van der Waals surface area contributed by atoms with Gasteiger partial charge >= 0.3 is 5.97 Å². The van der Waals surface area contributed by atoms with Gasteiger partial charge in [0.05, 0.1) is 11.7 Å². The van der Waals surface area contributed by atoms with Gasteiger partial charge in [0.1, 0.15) is 5.82 Å². The van der Waals surface area contributed by atoms with Crippen LogP contribution >= 0.6 is 0 Å². The molecule has 2 N–H and O–H groups in total. The van der Waals surface area contributed by atoms with Crippen LogP contribution in [0.15, 0.2) is 18.3 Å². The Hall–Kier alpha value is -1.95. The number of aromatic nitrogens is 1. The number of pyridine rings is 1. The van der Waals surface area contributed by atoms with Crippen molar-refractivity contribution < 1.29 is 19.4 Å². The molecule has 1 aliphatic carbocycles. The quantitative estimate of drug-likeness (QED) is 0.830. The molecule has 0 radical (unpaired) electrons. The number of carboxylic acids is 1. The van der Waals surface area contributed by atoms with Crippen molar-refractivity contribution in [2.45, 2.75) is 32.3 Å². The number of aromatic carboxylic acids is 1. The summed E-state index contributed by atoms with van der Waals surface area (Å²) < 4.78 is 5.44. The first kappa shape index (κ1) is 14.5. The van der Waals surface area contributed by atoms with Gasteiger partial charge in [0.2, 0.25) is 5.91 Å². The summed E-state index contributed by atoms with van der Waals surface area (Å²) in [6, 6.07) is 2.91. The maximum atomic E-state index is 11.8. The molecule has 0 bridgehead atoms. The molecular formula is C14H18N2O4. The molecule has 1 aromatic rings. The van der Waals surface area contributed by atoms with Crippen LogP contribution in [-0.4, -0.2) is 34.7 Å². The first-order valence-corrected chi connectivity index (χ1v) is 6.69. The van der Waals surface area contributed by atoms with Gasteiger partial charge in [-0.15, -0.1) is 0 Å². The van der Waals surface area contributed by atoms with E-state index < -0.39 is 5.97 Å². The summed E-state index contributed by atoms with van der Waals surface area (Å²) >= 11 is 0. The Morgan fingerprint density at radius 2 is 2.20 bits per heavy atom. The molecule has 0 aliphatic heterocycles. The molecule has 0 spiro atoms. The Balaban J connectivity index is 1.76. The van der Waals surface area contributed by atoms with E-state index in [2.05, 4.69) is 10.3 Å². The van der Waals surface area contributed by atoms with E-state index in [4.69, 9.17) is 9.84 Å². The highest BCUT2D eigenvalue weighted by Crippen LogP contribution is 2.32. The van der Waals surface area contributed by atoms with Crippen molar-refractivity contribution in [1.29, 1.82) is 0 Å². The second-order valence-electron chi connectivity index (χ2n) is 4.90. The zero-order valence-electron chi connectivity index (χ0n) is 11.3. The van der Waals surface area contributed by atoms with Gasteiger partial charge in [-0.3, -0.25) is 4.79 Å². The molecule has 6 nitrogen and oxygen atoms in total. The third kappa shape index (κ3) is 3.77. The number of carbonyl (C=O) groups is 2. The molecule has 0 unspecified atom stereocenters. The average Bonchev–Trinajstić information content (AvgIpc) is 2.37. The minimum absolute atomic E-state index is 0.0967.